The van der Waals surface area contributed by atoms with Gasteiger partial charge in [-0.25, -0.2) is 12.7 Å². The van der Waals surface area contributed by atoms with Crippen molar-refractivity contribution in [2.45, 2.75) is 11.3 Å². The van der Waals surface area contributed by atoms with E-state index in [1.807, 2.05) is 0 Å². The molecule has 0 bridgehead atoms. The Labute approximate surface area is 98.9 Å². The summed E-state index contributed by atoms with van der Waals surface area (Å²) in [5.41, 5.74) is 5.67. The highest BCUT2D eigenvalue weighted by Crippen LogP contribution is 2.15. The number of sulfonamides is 1. The van der Waals surface area contributed by atoms with Crippen molar-refractivity contribution >= 4 is 21.7 Å². The molecule has 0 radical (unpaired) electrons. The molecule has 0 aliphatic carbocycles. The van der Waals surface area contributed by atoms with Crippen LogP contribution in [-0.4, -0.2) is 42.4 Å². The van der Waals surface area contributed by atoms with Crippen molar-refractivity contribution in [2.75, 3.05) is 19.3 Å². The van der Waals surface area contributed by atoms with Crippen LogP contribution in [0, 0.1) is 0 Å². The highest BCUT2D eigenvalue weighted by atomic mass is 32.2. The zero-order chi connectivity index (χ0) is 13.1. The number of carboxylic acid groups (broad SMARTS) is 1. The van der Waals surface area contributed by atoms with Crippen LogP contribution in [0.5, 0.6) is 0 Å². The number of pyridine rings is 1. The minimum absolute atomic E-state index is 0.0506. The minimum Gasteiger partial charge on any atom is -0.481 e. The average molecular weight is 259 g/mol. The summed E-state index contributed by atoms with van der Waals surface area (Å²) >= 11 is 0. The second-order valence-electron chi connectivity index (χ2n) is 3.42. The van der Waals surface area contributed by atoms with Gasteiger partial charge in [-0.3, -0.25) is 9.78 Å². The fourth-order valence-corrected chi connectivity index (χ4v) is 2.30. The van der Waals surface area contributed by atoms with E-state index in [1.54, 1.807) is 0 Å². The number of nitrogens with zero attached hydrogens (tertiary/aromatic N) is 2. The fraction of sp³-hybridized carbons (Fsp3) is 0.333. The minimum atomic E-state index is -3.73. The van der Waals surface area contributed by atoms with E-state index in [0.717, 1.165) is 4.31 Å². The number of aromatic nitrogens is 1. The fourth-order valence-electron chi connectivity index (χ4n) is 1.13. The summed E-state index contributed by atoms with van der Waals surface area (Å²) in [5.74, 6) is -1.06. The topological polar surface area (TPSA) is 114 Å². The molecule has 0 fully saturated rings. The molecule has 0 unspecified atom stereocenters. The summed E-state index contributed by atoms with van der Waals surface area (Å²) in [4.78, 5) is 14.0. The molecule has 1 rings (SSSR count). The SMILES string of the molecule is CN(CCC(=O)O)S(=O)(=O)c1cncc(N)c1. The molecule has 17 heavy (non-hydrogen) atoms. The van der Waals surface area contributed by atoms with Gasteiger partial charge in [-0.05, 0) is 6.07 Å². The number of carbonyl (C=O) groups is 1. The number of rotatable bonds is 5. The number of anilines is 1. The normalized spacial score (nSPS) is 11.6. The number of hydrogen-bond donors (Lipinski definition) is 2. The molecule has 3 N–H and O–H groups in total. The Kier molecular flexibility index (Phi) is 4.02. The zero-order valence-electron chi connectivity index (χ0n) is 9.20. The number of hydrogen-bond acceptors (Lipinski definition) is 5. The first-order chi connectivity index (χ1) is 7.84. The van der Waals surface area contributed by atoms with Crippen LogP contribution < -0.4 is 5.73 Å². The summed E-state index contributed by atoms with van der Waals surface area (Å²) < 4.78 is 24.8. The first kappa shape index (κ1) is 13.4. The molecular formula is C9H13N3O4S. The molecule has 0 aliphatic rings. The van der Waals surface area contributed by atoms with Gasteiger partial charge in [0, 0.05) is 26.0 Å². The molecule has 0 saturated heterocycles. The molecule has 1 aromatic heterocycles. The Morgan fingerprint density at radius 2 is 2.18 bits per heavy atom. The van der Waals surface area contributed by atoms with E-state index in [-0.39, 0.29) is 23.5 Å². The highest BCUT2D eigenvalue weighted by molar-refractivity contribution is 7.89. The largest absolute Gasteiger partial charge is 0.481 e. The van der Waals surface area contributed by atoms with Gasteiger partial charge in [-0.15, -0.1) is 0 Å². The third-order valence-electron chi connectivity index (χ3n) is 2.08. The van der Waals surface area contributed by atoms with Gasteiger partial charge in [-0.2, -0.15) is 0 Å². The quantitative estimate of drug-likeness (QED) is 0.754. The van der Waals surface area contributed by atoms with Crippen LogP contribution in [0.25, 0.3) is 0 Å². The molecule has 1 heterocycles. The predicted molar refractivity (Wildman–Crippen MR) is 60.7 cm³/mol. The van der Waals surface area contributed by atoms with Crippen LogP contribution in [0.15, 0.2) is 23.4 Å². The molecule has 94 valence electrons. The lowest BCUT2D eigenvalue weighted by Gasteiger charge is -2.15. The van der Waals surface area contributed by atoms with E-state index in [9.17, 15) is 13.2 Å². The molecule has 0 spiro atoms. The van der Waals surface area contributed by atoms with E-state index in [2.05, 4.69) is 4.98 Å². The lowest BCUT2D eigenvalue weighted by Crippen LogP contribution is -2.29. The Morgan fingerprint density at radius 1 is 1.53 bits per heavy atom. The second kappa shape index (κ2) is 5.11. The Balaban J connectivity index is 2.91. The van der Waals surface area contributed by atoms with E-state index in [1.165, 1.54) is 25.5 Å². The van der Waals surface area contributed by atoms with Crippen molar-refractivity contribution in [1.82, 2.24) is 9.29 Å². The van der Waals surface area contributed by atoms with Crippen molar-refractivity contribution in [3.8, 4) is 0 Å². The molecule has 1 aromatic rings. The van der Waals surface area contributed by atoms with E-state index >= 15 is 0 Å². The van der Waals surface area contributed by atoms with Crippen LogP contribution in [0.3, 0.4) is 0 Å². The summed E-state index contributed by atoms with van der Waals surface area (Å²) in [6.07, 6.45) is 2.24. The first-order valence-corrected chi connectivity index (χ1v) is 6.16. The van der Waals surface area contributed by atoms with Gasteiger partial charge >= 0.3 is 5.97 Å². The molecule has 0 aliphatic heterocycles. The predicted octanol–water partition coefficient (Wildman–Crippen LogP) is -0.241. The molecule has 0 saturated carbocycles. The zero-order valence-corrected chi connectivity index (χ0v) is 10.0. The molecule has 7 nitrogen and oxygen atoms in total. The van der Waals surface area contributed by atoms with Crippen molar-refractivity contribution in [2.24, 2.45) is 0 Å². The van der Waals surface area contributed by atoms with Crippen molar-refractivity contribution < 1.29 is 18.3 Å². The van der Waals surface area contributed by atoms with Crippen LogP contribution in [0.1, 0.15) is 6.42 Å². The number of nitrogens with two attached hydrogens (primary N) is 1. The molecule has 0 atom stereocenters. The number of nitrogen functional groups attached to an aromatic ring is 1. The molecule has 0 aromatic carbocycles. The van der Waals surface area contributed by atoms with Gasteiger partial charge in [-0.1, -0.05) is 0 Å². The first-order valence-electron chi connectivity index (χ1n) is 4.72. The lowest BCUT2D eigenvalue weighted by atomic mass is 10.4. The van der Waals surface area contributed by atoms with E-state index in [0.29, 0.717) is 0 Å². The van der Waals surface area contributed by atoms with Crippen molar-refractivity contribution in [3.63, 3.8) is 0 Å². The standard InChI is InChI=1S/C9H13N3O4S/c1-12(3-2-9(13)14)17(15,16)8-4-7(10)5-11-6-8/h4-6H,2-3,10H2,1H3,(H,13,14). The average Bonchev–Trinajstić information content (AvgIpc) is 2.25. The summed E-state index contributed by atoms with van der Waals surface area (Å²) in [7, 11) is -2.42. The summed E-state index contributed by atoms with van der Waals surface area (Å²) in [6, 6.07) is 1.28. The van der Waals surface area contributed by atoms with Gasteiger partial charge in [0.15, 0.2) is 0 Å². The molecular weight excluding hydrogens is 246 g/mol. The van der Waals surface area contributed by atoms with Gasteiger partial charge in [0.05, 0.1) is 12.1 Å². The van der Waals surface area contributed by atoms with Gasteiger partial charge in [0.1, 0.15) is 4.90 Å². The maximum atomic E-state index is 11.9. The van der Waals surface area contributed by atoms with Crippen LogP contribution in [0.2, 0.25) is 0 Å². The van der Waals surface area contributed by atoms with E-state index < -0.39 is 16.0 Å². The Hall–Kier alpha value is -1.67. The third-order valence-corrected chi connectivity index (χ3v) is 3.91. The molecule has 8 heteroatoms. The smallest absolute Gasteiger partial charge is 0.304 e. The van der Waals surface area contributed by atoms with Crippen LogP contribution in [0.4, 0.5) is 5.69 Å². The third kappa shape index (κ3) is 3.40. The number of carboxylic acids is 1. The Bertz CT molecular complexity index is 515. The van der Waals surface area contributed by atoms with Gasteiger partial charge in [0.25, 0.3) is 0 Å². The van der Waals surface area contributed by atoms with Crippen molar-refractivity contribution in [3.05, 3.63) is 18.5 Å². The second-order valence-corrected chi connectivity index (χ2v) is 5.47. The van der Waals surface area contributed by atoms with Crippen LogP contribution >= 0.6 is 0 Å². The van der Waals surface area contributed by atoms with Crippen LogP contribution in [-0.2, 0) is 14.8 Å². The maximum absolute atomic E-state index is 11.9. The maximum Gasteiger partial charge on any atom is 0.304 e. The Morgan fingerprint density at radius 3 is 2.71 bits per heavy atom. The summed E-state index contributed by atoms with van der Waals surface area (Å²) in [6.45, 7) is -0.105. The van der Waals surface area contributed by atoms with Crippen molar-refractivity contribution in [1.29, 1.82) is 0 Å². The number of aliphatic carboxylic acids is 1. The van der Waals surface area contributed by atoms with E-state index in [4.69, 9.17) is 10.8 Å². The van der Waals surface area contributed by atoms with Gasteiger partial charge < -0.3 is 10.8 Å². The summed E-state index contributed by atoms with van der Waals surface area (Å²) in [5, 5.41) is 8.49. The monoisotopic (exact) mass is 259 g/mol. The lowest BCUT2D eigenvalue weighted by molar-refractivity contribution is -0.137. The van der Waals surface area contributed by atoms with Gasteiger partial charge in [0.2, 0.25) is 10.0 Å². The highest BCUT2D eigenvalue weighted by Gasteiger charge is 2.21. The molecule has 0 amide bonds.